The second-order valence-corrected chi connectivity index (χ2v) is 15.4. The molecule has 0 aromatic heterocycles. The Bertz CT molecular complexity index is 1420. The molecule has 5 nitrogen and oxygen atoms in total. The van der Waals surface area contributed by atoms with E-state index in [0.29, 0.717) is 6.04 Å². The topological polar surface area (TPSA) is 78.4 Å². The van der Waals surface area contributed by atoms with Crippen LogP contribution in [0, 0.1) is 22.7 Å². The molecule has 2 amide bonds. The third-order valence-electron chi connectivity index (χ3n) is 12.4. The van der Waals surface area contributed by atoms with Gasteiger partial charge in [0.1, 0.15) is 5.75 Å². The lowest BCUT2D eigenvalue weighted by Crippen LogP contribution is -2.60. The summed E-state index contributed by atoms with van der Waals surface area (Å²) in [6.45, 7) is 13.2. The number of aromatic hydroxyl groups is 1. The van der Waals surface area contributed by atoms with Crippen molar-refractivity contribution in [2.24, 2.45) is 22.7 Å². The van der Waals surface area contributed by atoms with Gasteiger partial charge in [-0.2, -0.15) is 0 Å². The Morgan fingerprint density at radius 2 is 1.26 bits per heavy atom. The predicted octanol–water partition coefficient (Wildman–Crippen LogP) is 7.58. The Labute approximate surface area is 252 Å². The molecule has 6 atom stereocenters. The summed E-state index contributed by atoms with van der Waals surface area (Å²) in [5.41, 5.74) is 4.89. The van der Waals surface area contributed by atoms with Crippen LogP contribution in [-0.4, -0.2) is 23.0 Å². The van der Waals surface area contributed by atoms with Gasteiger partial charge in [0.15, 0.2) is 0 Å². The Morgan fingerprint density at radius 1 is 0.762 bits per heavy atom. The van der Waals surface area contributed by atoms with Crippen LogP contribution in [0.2, 0.25) is 0 Å². The second-order valence-electron chi connectivity index (χ2n) is 15.4. The van der Waals surface area contributed by atoms with Gasteiger partial charge < -0.3 is 10.4 Å². The van der Waals surface area contributed by atoms with Gasteiger partial charge in [-0.15, -0.1) is 0 Å². The minimum atomic E-state index is -0.628. The van der Waals surface area contributed by atoms with E-state index >= 15 is 0 Å². The van der Waals surface area contributed by atoms with Gasteiger partial charge >= 0.3 is 0 Å². The number of amides is 2. The highest BCUT2D eigenvalue weighted by atomic mass is 16.3. The van der Waals surface area contributed by atoms with Gasteiger partial charge in [0, 0.05) is 11.7 Å². The van der Waals surface area contributed by atoms with Gasteiger partial charge in [-0.1, -0.05) is 52.7 Å². The number of imide groups is 1. The molecule has 0 heterocycles. The molecule has 0 radical (unpaired) electrons. The summed E-state index contributed by atoms with van der Waals surface area (Å²) in [5.74, 6) is 0.420. The summed E-state index contributed by atoms with van der Waals surface area (Å²) < 4.78 is 0. The monoisotopic (exact) mass is 570 g/mol. The quantitative estimate of drug-likeness (QED) is 0.331. The fraction of sp³-hybridized carbons (Fsp3) is 0.622. The van der Waals surface area contributed by atoms with Crippen LogP contribution in [0.4, 0.5) is 5.69 Å². The molecule has 2 aromatic carbocycles. The van der Waals surface area contributed by atoms with Crippen molar-refractivity contribution in [3.05, 3.63) is 58.7 Å². The fourth-order valence-electron chi connectivity index (χ4n) is 10.3. The van der Waals surface area contributed by atoms with Crippen molar-refractivity contribution in [2.45, 2.75) is 123 Å². The highest BCUT2D eigenvalue weighted by molar-refractivity contribution is 6.00. The Morgan fingerprint density at radius 3 is 1.79 bits per heavy atom. The number of carbonyl (C=O) groups is 2. The second kappa shape index (κ2) is 10.1. The molecule has 226 valence electrons. The summed E-state index contributed by atoms with van der Waals surface area (Å²) in [7, 11) is 0. The average Bonchev–Trinajstić information content (AvgIpc) is 2.93. The standard InChI is InChI=1S/C37H50N2O3/c1-23(2)38-26-13-9-24-11-15-30-34(3,28(24)21-26)17-7-19-36(30,5)32(41)39-33(42)37(6)20-8-18-35(4)29-22-27(40)14-10-25(29)12-16-31(35)37/h9-10,13-14,21-23,30-31,38,40H,7-8,11-12,15-20H2,1-6H3,(H,39,41,42)/t30-,31-,34-,35-,36+,37+/m1/s1. The van der Waals surface area contributed by atoms with Crippen LogP contribution in [0.3, 0.4) is 0 Å². The molecule has 42 heavy (non-hydrogen) atoms. The van der Waals surface area contributed by atoms with Gasteiger partial charge in [-0.25, -0.2) is 0 Å². The van der Waals surface area contributed by atoms with E-state index in [1.54, 1.807) is 6.07 Å². The van der Waals surface area contributed by atoms with Crippen LogP contribution in [0.5, 0.6) is 5.75 Å². The lowest BCUT2D eigenvalue weighted by molar-refractivity contribution is -0.150. The van der Waals surface area contributed by atoms with Crippen LogP contribution >= 0.6 is 0 Å². The zero-order chi connectivity index (χ0) is 30.1. The molecule has 0 saturated heterocycles. The normalized spacial score (nSPS) is 35.3. The number of carbonyl (C=O) groups excluding carboxylic acids is 2. The van der Waals surface area contributed by atoms with E-state index in [2.05, 4.69) is 70.4 Å². The first-order valence-corrected chi connectivity index (χ1v) is 16.4. The van der Waals surface area contributed by atoms with Crippen molar-refractivity contribution in [1.82, 2.24) is 5.32 Å². The number of nitrogens with one attached hydrogen (secondary N) is 2. The maximum atomic E-state index is 14.3. The van der Waals surface area contributed by atoms with Crippen molar-refractivity contribution < 1.29 is 14.7 Å². The van der Waals surface area contributed by atoms with E-state index in [-0.39, 0.29) is 40.2 Å². The minimum absolute atomic E-state index is 0.0781. The highest BCUT2D eigenvalue weighted by Gasteiger charge is 2.58. The Balaban J connectivity index is 1.27. The van der Waals surface area contributed by atoms with Crippen LogP contribution in [0.15, 0.2) is 36.4 Å². The maximum Gasteiger partial charge on any atom is 0.232 e. The number of phenolic OH excluding ortho intramolecular Hbond substituents is 1. The molecule has 4 aliphatic rings. The molecule has 2 saturated carbocycles. The summed E-state index contributed by atoms with van der Waals surface area (Å²) in [6.07, 6.45) is 9.34. The third kappa shape index (κ3) is 4.40. The summed E-state index contributed by atoms with van der Waals surface area (Å²) in [4.78, 5) is 28.6. The number of hydrogen-bond donors (Lipinski definition) is 3. The predicted molar refractivity (Wildman–Crippen MR) is 169 cm³/mol. The molecular weight excluding hydrogens is 520 g/mol. The number of benzene rings is 2. The van der Waals surface area contributed by atoms with Crippen LogP contribution in [-0.2, 0) is 33.3 Å². The minimum Gasteiger partial charge on any atom is -0.508 e. The highest BCUT2D eigenvalue weighted by Crippen LogP contribution is 2.59. The lowest BCUT2D eigenvalue weighted by Gasteiger charge is -2.56. The van der Waals surface area contributed by atoms with Crippen molar-refractivity contribution >= 4 is 17.5 Å². The van der Waals surface area contributed by atoms with E-state index in [9.17, 15) is 14.7 Å². The molecule has 2 fully saturated rings. The zero-order valence-electron chi connectivity index (χ0n) is 26.5. The van der Waals surface area contributed by atoms with Crippen molar-refractivity contribution in [2.75, 3.05) is 5.32 Å². The molecule has 0 bridgehead atoms. The van der Waals surface area contributed by atoms with Gasteiger partial charge in [0.05, 0.1) is 10.8 Å². The summed E-state index contributed by atoms with van der Waals surface area (Å²) >= 11 is 0. The summed E-state index contributed by atoms with van der Waals surface area (Å²) in [6, 6.07) is 12.9. The lowest BCUT2D eigenvalue weighted by atomic mass is 9.49. The van der Waals surface area contributed by atoms with Crippen LogP contribution in [0.1, 0.15) is 115 Å². The SMILES string of the molecule is CC(C)Nc1ccc2c(c1)[C@@]1(C)CCC[C@](C)(C(=O)NC(=O)[C@@]3(C)CCC[C@]4(C)c5cc(O)ccc5CC[C@@H]34)[C@@H]1CC2. The smallest absolute Gasteiger partial charge is 0.232 e. The third-order valence-corrected chi connectivity index (χ3v) is 12.4. The molecule has 0 spiro atoms. The molecule has 6 rings (SSSR count). The van der Waals surface area contributed by atoms with Crippen molar-refractivity contribution in [3.8, 4) is 5.75 Å². The molecule has 0 unspecified atom stereocenters. The fourth-order valence-corrected chi connectivity index (χ4v) is 10.3. The number of fused-ring (bicyclic) bond motifs is 6. The van der Waals surface area contributed by atoms with E-state index in [4.69, 9.17) is 0 Å². The Kier molecular flexibility index (Phi) is 7.06. The van der Waals surface area contributed by atoms with E-state index < -0.39 is 10.8 Å². The molecular formula is C37H50N2O3. The molecule has 0 aliphatic heterocycles. The molecule has 5 heteroatoms. The first kappa shape index (κ1) is 29.3. The van der Waals surface area contributed by atoms with Crippen molar-refractivity contribution in [1.29, 1.82) is 0 Å². The van der Waals surface area contributed by atoms with Crippen LogP contribution < -0.4 is 10.6 Å². The summed E-state index contributed by atoms with van der Waals surface area (Å²) in [5, 5.41) is 17.0. The first-order chi connectivity index (χ1) is 19.8. The Hall–Kier alpha value is -2.82. The zero-order valence-corrected chi connectivity index (χ0v) is 26.5. The number of aryl methyl sites for hydroxylation is 2. The largest absolute Gasteiger partial charge is 0.508 e. The van der Waals surface area contributed by atoms with E-state index in [1.165, 1.54) is 22.3 Å². The van der Waals surface area contributed by atoms with Crippen LogP contribution in [0.25, 0.3) is 0 Å². The van der Waals surface area contributed by atoms with E-state index in [1.807, 2.05) is 12.1 Å². The molecule has 2 aromatic rings. The number of rotatable bonds is 4. The molecule has 4 aliphatic carbocycles. The number of hydrogen-bond acceptors (Lipinski definition) is 4. The number of phenols is 1. The first-order valence-electron chi connectivity index (χ1n) is 16.4. The van der Waals surface area contributed by atoms with Gasteiger partial charge in [-0.3, -0.25) is 14.9 Å². The average molecular weight is 571 g/mol. The van der Waals surface area contributed by atoms with Gasteiger partial charge in [-0.05, 0) is 134 Å². The maximum absolute atomic E-state index is 14.3. The van der Waals surface area contributed by atoms with Gasteiger partial charge in [0.2, 0.25) is 11.8 Å². The van der Waals surface area contributed by atoms with Crippen molar-refractivity contribution in [3.63, 3.8) is 0 Å². The molecule has 3 N–H and O–H groups in total. The van der Waals surface area contributed by atoms with E-state index in [0.717, 1.165) is 69.9 Å². The van der Waals surface area contributed by atoms with Gasteiger partial charge in [0.25, 0.3) is 0 Å². The number of anilines is 1.